The largest absolute Gasteiger partial charge is 0.311 e. The van der Waals surface area contributed by atoms with Crippen molar-refractivity contribution in [2.75, 3.05) is 4.90 Å². The Morgan fingerprint density at radius 1 is 0.229 bits per heavy atom. The van der Waals surface area contributed by atoms with E-state index in [-0.39, 0.29) is 0 Å². The monoisotopic (exact) mass is 889 g/mol. The molecule has 12 aromatic rings. The summed E-state index contributed by atoms with van der Waals surface area (Å²) in [6.07, 6.45) is 0. The number of nitrogens with zero attached hydrogens (tertiary/aromatic N) is 1. The molecular weight excluding hydrogens is 843 g/mol. The van der Waals surface area contributed by atoms with Crippen molar-refractivity contribution in [2.45, 2.75) is 5.41 Å². The highest BCUT2D eigenvalue weighted by Gasteiger charge is 2.46. The molecule has 0 radical (unpaired) electrons. The predicted octanol–water partition coefficient (Wildman–Crippen LogP) is 18.5. The van der Waals surface area contributed by atoms with E-state index in [0.717, 1.165) is 17.1 Å². The number of fused-ring (bicyclic) bond motifs is 5. The zero-order valence-corrected chi connectivity index (χ0v) is 38.6. The molecule has 0 aromatic heterocycles. The minimum atomic E-state index is -0.454. The summed E-state index contributed by atoms with van der Waals surface area (Å²) in [6, 6.07) is 105. The molecule has 70 heavy (non-hydrogen) atoms. The van der Waals surface area contributed by atoms with Crippen LogP contribution in [-0.4, -0.2) is 0 Å². The highest BCUT2D eigenvalue weighted by atomic mass is 15.1. The Bertz CT molecular complexity index is 3780. The molecule has 0 unspecified atom stereocenters. The predicted molar refractivity (Wildman–Crippen MR) is 295 cm³/mol. The lowest BCUT2D eigenvalue weighted by molar-refractivity contribution is 0.768. The molecule has 0 saturated heterocycles. The zero-order valence-electron chi connectivity index (χ0n) is 38.6. The Morgan fingerprint density at radius 2 is 0.571 bits per heavy atom. The maximum atomic E-state index is 2.38. The minimum absolute atomic E-state index is 0.454. The molecule has 12 aromatic carbocycles. The number of hydrogen-bond donors (Lipinski definition) is 0. The van der Waals surface area contributed by atoms with Crippen LogP contribution in [0.4, 0.5) is 17.1 Å². The van der Waals surface area contributed by atoms with E-state index < -0.39 is 5.41 Å². The molecular formula is C69H47N. The topological polar surface area (TPSA) is 3.24 Å². The van der Waals surface area contributed by atoms with Crippen LogP contribution in [0.1, 0.15) is 22.3 Å². The average molecular weight is 890 g/mol. The van der Waals surface area contributed by atoms with E-state index in [1.807, 2.05) is 0 Å². The van der Waals surface area contributed by atoms with E-state index in [1.54, 1.807) is 0 Å². The third-order valence-electron chi connectivity index (χ3n) is 14.6. The summed E-state index contributed by atoms with van der Waals surface area (Å²) in [6.45, 7) is 0. The van der Waals surface area contributed by atoms with Crippen LogP contribution < -0.4 is 4.90 Å². The van der Waals surface area contributed by atoms with Gasteiger partial charge in [0.05, 0.1) is 5.41 Å². The SMILES string of the molecule is c1ccc(C2(c3ccccc3)c3ccccc3-c3c(-c4ccc(N(c5ccc(-c6ccc(-c7cccc8ccccc78)cc6)cc5)c5ccc(-c6cccc7ccccc67)cc5)cc4)cccc32)cc1. The van der Waals surface area contributed by atoms with Gasteiger partial charge in [-0.15, -0.1) is 0 Å². The van der Waals surface area contributed by atoms with Gasteiger partial charge in [0.15, 0.2) is 0 Å². The van der Waals surface area contributed by atoms with Crippen molar-refractivity contribution >= 4 is 38.6 Å². The standard InChI is InChI=1S/C69H47N/c1-3-20-55(21-4-1)69(56-22-5-2-6-23-56)66-30-12-11-26-65(66)68-64(29-15-31-67(68)69)54-40-46-59(47-41-54)70(58-44-38-53(39-45-58)63-28-14-19-51-17-8-10-25-61(51)63)57-42-36-49(37-43-57)48-32-34-52(35-33-48)62-27-13-18-50-16-7-9-24-60(50)62/h1-47H. The van der Waals surface area contributed by atoms with Gasteiger partial charge in [-0.25, -0.2) is 0 Å². The third-order valence-corrected chi connectivity index (χ3v) is 14.6. The Labute approximate surface area is 409 Å². The highest BCUT2D eigenvalue weighted by molar-refractivity contribution is 5.99. The van der Waals surface area contributed by atoms with E-state index in [1.165, 1.54) is 99.4 Å². The van der Waals surface area contributed by atoms with Crippen molar-refractivity contribution in [1.82, 2.24) is 0 Å². The van der Waals surface area contributed by atoms with Crippen LogP contribution in [0.3, 0.4) is 0 Å². The third kappa shape index (κ3) is 6.86. The first-order valence-electron chi connectivity index (χ1n) is 24.2. The van der Waals surface area contributed by atoms with E-state index in [4.69, 9.17) is 0 Å². The fourth-order valence-electron chi connectivity index (χ4n) is 11.4. The van der Waals surface area contributed by atoms with Crippen molar-refractivity contribution in [3.63, 3.8) is 0 Å². The van der Waals surface area contributed by atoms with Crippen LogP contribution in [0.25, 0.3) is 77.2 Å². The summed E-state index contributed by atoms with van der Waals surface area (Å²) in [5.41, 5.74) is 20.2. The first-order valence-corrected chi connectivity index (χ1v) is 24.2. The molecule has 0 amide bonds. The summed E-state index contributed by atoms with van der Waals surface area (Å²) in [5.74, 6) is 0. The second-order valence-corrected chi connectivity index (χ2v) is 18.4. The molecule has 0 N–H and O–H groups in total. The maximum absolute atomic E-state index is 2.38. The Morgan fingerprint density at radius 3 is 1.10 bits per heavy atom. The number of anilines is 3. The molecule has 0 bridgehead atoms. The van der Waals surface area contributed by atoms with Gasteiger partial charge in [-0.1, -0.05) is 249 Å². The van der Waals surface area contributed by atoms with E-state index in [0.29, 0.717) is 0 Å². The molecule has 0 heterocycles. The maximum Gasteiger partial charge on any atom is 0.0713 e. The minimum Gasteiger partial charge on any atom is -0.311 e. The molecule has 1 heteroatoms. The highest BCUT2D eigenvalue weighted by Crippen LogP contribution is 2.58. The molecule has 1 aliphatic rings. The molecule has 0 saturated carbocycles. The van der Waals surface area contributed by atoms with Gasteiger partial charge in [0.1, 0.15) is 0 Å². The van der Waals surface area contributed by atoms with Crippen LogP contribution >= 0.6 is 0 Å². The molecule has 1 nitrogen and oxygen atoms in total. The van der Waals surface area contributed by atoms with Gasteiger partial charge in [0, 0.05) is 17.1 Å². The lowest BCUT2D eigenvalue weighted by Crippen LogP contribution is -2.28. The second kappa shape index (κ2) is 17.2. The first kappa shape index (κ1) is 41.2. The van der Waals surface area contributed by atoms with E-state index in [9.17, 15) is 0 Å². The van der Waals surface area contributed by atoms with Crippen LogP contribution in [0, 0.1) is 0 Å². The quantitative estimate of drug-likeness (QED) is 0.140. The van der Waals surface area contributed by atoms with Gasteiger partial charge in [-0.05, 0) is 136 Å². The van der Waals surface area contributed by atoms with Gasteiger partial charge in [-0.3, -0.25) is 0 Å². The van der Waals surface area contributed by atoms with Crippen molar-refractivity contribution in [2.24, 2.45) is 0 Å². The molecule has 0 spiro atoms. The van der Waals surface area contributed by atoms with Gasteiger partial charge < -0.3 is 4.90 Å². The smallest absolute Gasteiger partial charge is 0.0713 e. The number of rotatable bonds is 9. The molecule has 1 aliphatic carbocycles. The fourth-order valence-corrected chi connectivity index (χ4v) is 11.4. The summed E-state index contributed by atoms with van der Waals surface area (Å²) in [7, 11) is 0. The molecule has 0 aliphatic heterocycles. The molecule has 0 fully saturated rings. The Kier molecular flexibility index (Phi) is 10.1. The summed E-state index contributed by atoms with van der Waals surface area (Å²) in [5, 5.41) is 5.02. The summed E-state index contributed by atoms with van der Waals surface area (Å²) < 4.78 is 0. The van der Waals surface area contributed by atoms with Gasteiger partial charge in [0.2, 0.25) is 0 Å². The lowest BCUT2D eigenvalue weighted by atomic mass is 9.67. The van der Waals surface area contributed by atoms with Crippen molar-refractivity contribution < 1.29 is 0 Å². The summed E-state index contributed by atoms with van der Waals surface area (Å²) in [4.78, 5) is 2.38. The van der Waals surface area contributed by atoms with Crippen molar-refractivity contribution in [1.29, 1.82) is 0 Å². The Hall–Kier alpha value is -9.04. The van der Waals surface area contributed by atoms with Crippen LogP contribution in [0.15, 0.2) is 285 Å². The molecule has 0 atom stereocenters. The average Bonchev–Trinajstić information content (AvgIpc) is 3.75. The summed E-state index contributed by atoms with van der Waals surface area (Å²) >= 11 is 0. The van der Waals surface area contributed by atoms with E-state index in [2.05, 4.69) is 290 Å². The van der Waals surface area contributed by atoms with Gasteiger partial charge in [0.25, 0.3) is 0 Å². The zero-order chi connectivity index (χ0) is 46.4. The van der Waals surface area contributed by atoms with Crippen molar-refractivity contribution in [3.05, 3.63) is 307 Å². The van der Waals surface area contributed by atoms with Crippen LogP contribution in [0.5, 0.6) is 0 Å². The van der Waals surface area contributed by atoms with Crippen molar-refractivity contribution in [3.8, 4) is 55.6 Å². The lowest BCUT2D eigenvalue weighted by Gasteiger charge is -2.34. The fraction of sp³-hybridized carbons (Fsp3) is 0.0145. The second-order valence-electron chi connectivity index (χ2n) is 18.4. The number of benzene rings is 12. The molecule has 328 valence electrons. The van der Waals surface area contributed by atoms with Gasteiger partial charge in [-0.2, -0.15) is 0 Å². The Balaban J connectivity index is 0.894. The van der Waals surface area contributed by atoms with E-state index >= 15 is 0 Å². The first-order chi connectivity index (χ1) is 34.7. The number of hydrogen-bond acceptors (Lipinski definition) is 1. The molecule has 13 rings (SSSR count). The normalized spacial score (nSPS) is 12.4. The van der Waals surface area contributed by atoms with Gasteiger partial charge >= 0.3 is 0 Å². The van der Waals surface area contributed by atoms with Crippen LogP contribution in [0.2, 0.25) is 0 Å². The van der Waals surface area contributed by atoms with Crippen LogP contribution in [-0.2, 0) is 5.41 Å².